The molecule has 2 aromatic rings. The van der Waals surface area contributed by atoms with Crippen LogP contribution in [-0.2, 0) is 4.79 Å². The van der Waals surface area contributed by atoms with Gasteiger partial charge in [-0.3, -0.25) is 14.5 Å². The molecule has 0 heterocycles. The fourth-order valence-corrected chi connectivity index (χ4v) is 3.77. The van der Waals surface area contributed by atoms with E-state index >= 15 is 0 Å². The van der Waals surface area contributed by atoms with Crippen molar-refractivity contribution in [2.75, 3.05) is 24.2 Å². The zero-order valence-electron chi connectivity index (χ0n) is 16.8. The minimum atomic E-state index is -0.367. The maximum absolute atomic E-state index is 13.1. The van der Waals surface area contributed by atoms with Gasteiger partial charge in [-0.15, -0.1) is 0 Å². The quantitative estimate of drug-likeness (QED) is 0.696. The molecule has 2 N–H and O–H groups in total. The van der Waals surface area contributed by atoms with Crippen molar-refractivity contribution in [3.05, 3.63) is 59.9 Å². The number of amides is 2. The number of rotatable bonds is 6. The number of nitrogens with zero attached hydrogens (tertiary/aromatic N) is 1. The van der Waals surface area contributed by atoms with Gasteiger partial charge in [-0.2, -0.15) is 0 Å². The first kappa shape index (κ1) is 21.0. The van der Waals surface area contributed by atoms with Crippen LogP contribution in [-0.4, -0.2) is 36.3 Å². The Morgan fingerprint density at radius 1 is 0.966 bits per heavy atom. The van der Waals surface area contributed by atoms with Gasteiger partial charge in [-0.05, 0) is 56.3 Å². The minimum absolute atomic E-state index is 0.140. The van der Waals surface area contributed by atoms with Gasteiger partial charge in [0.15, 0.2) is 0 Å². The van der Waals surface area contributed by atoms with Gasteiger partial charge in [-0.25, -0.2) is 4.39 Å². The Kier molecular flexibility index (Phi) is 7.36. The fourth-order valence-electron chi connectivity index (χ4n) is 3.77. The Hall–Kier alpha value is -2.73. The van der Waals surface area contributed by atoms with Crippen LogP contribution in [0.4, 0.5) is 15.8 Å². The van der Waals surface area contributed by atoms with E-state index in [1.165, 1.54) is 49.9 Å². The Labute approximate surface area is 171 Å². The van der Waals surface area contributed by atoms with Crippen molar-refractivity contribution in [3.8, 4) is 0 Å². The molecule has 0 aromatic heterocycles. The van der Waals surface area contributed by atoms with Crippen LogP contribution in [0.15, 0.2) is 48.5 Å². The molecular weight excluding hydrogens is 369 g/mol. The first-order chi connectivity index (χ1) is 14.0. The standard InChI is InChI=1S/C23H28FN3O2/c1-27(19-8-4-2-3-5-9-19)16-22(28)26-21-11-7-6-10-20(21)23(29)25-18-14-12-17(24)13-15-18/h6-7,10-15,19H,2-5,8-9,16H2,1H3,(H,25,29)(H,26,28). The van der Waals surface area contributed by atoms with E-state index in [2.05, 4.69) is 15.5 Å². The van der Waals surface area contributed by atoms with Crippen molar-refractivity contribution in [3.63, 3.8) is 0 Å². The number of likely N-dealkylation sites (N-methyl/N-ethyl adjacent to an activating group) is 1. The molecule has 1 aliphatic rings. The summed E-state index contributed by atoms with van der Waals surface area (Å²) in [5.74, 6) is -0.864. The molecule has 29 heavy (non-hydrogen) atoms. The van der Waals surface area contributed by atoms with Crippen molar-refractivity contribution in [2.45, 2.75) is 44.6 Å². The van der Waals surface area contributed by atoms with Crippen molar-refractivity contribution < 1.29 is 14.0 Å². The number of carbonyl (C=O) groups is 2. The maximum atomic E-state index is 13.1. The second-order valence-corrected chi connectivity index (χ2v) is 7.62. The lowest BCUT2D eigenvalue weighted by atomic mass is 10.1. The van der Waals surface area contributed by atoms with Gasteiger partial charge in [0.05, 0.1) is 17.8 Å². The van der Waals surface area contributed by atoms with Crippen LogP contribution in [0.3, 0.4) is 0 Å². The molecule has 1 aliphatic carbocycles. The van der Waals surface area contributed by atoms with Gasteiger partial charge < -0.3 is 10.6 Å². The van der Waals surface area contributed by atoms with Crippen LogP contribution in [0.2, 0.25) is 0 Å². The molecule has 6 heteroatoms. The molecule has 0 saturated heterocycles. The first-order valence-corrected chi connectivity index (χ1v) is 10.2. The van der Waals surface area contributed by atoms with Crippen LogP contribution < -0.4 is 10.6 Å². The predicted octanol–water partition coefficient (Wildman–Crippen LogP) is 4.67. The second-order valence-electron chi connectivity index (χ2n) is 7.62. The summed E-state index contributed by atoms with van der Waals surface area (Å²) in [5.41, 5.74) is 1.32. The van der Waals surface area contributed by atoms with Crippen molar-refractivity contribution in [2.24, 2.45) is 0 Å². The zero-order valence-corrected chi connectivity index (χ0v) is 16.8. The molecule has 0 atom stereocenters. The van der Waals surface area contributed by atoms with E-state index in [1.54, 1.807) is 24.3 Å². The fraction of sp³-hybridized carbons (Fsp3) is 0.391. The predicted molar refractivity (Wildman–Crippen MR) is 114 cm³/mol. The van der Waals surface area contributed by atoms with E-state index in [0.717, 1.165) is 12.8 Å². The Bertz CT molecular complexity index is 830. The number of hydrogen-bond donors (Lipinski definition) is 2. The smallest absolute Gasteiger partial charge is 0.257 e. The van der Waals surface area contributed by atoms with E-state index in [0.29, 0.717) is 29.5 Å². The number of anilines is 2. The lowest BCUT2D eigenvalue weighted by Gasteiger charge is -2.26. The highest BCUT2D eigenvalue weighted by Crippen LogP contribution is 2.22. The lowest BCUT2D eigenvalue weighted by Crippen LogP contribution is -2.38. The van der Waals surface area contributed by atoms with Crippen LogP contribution in [0.1, 0.15) is 48.9 Å². The van der Waals surface area contributed by atoms with Crippen molar-refractivity contribution in [1.29, 1.82) is 0 Å². The lowest BCUT2D eigenvalue weighted by molar-refractivity contribution is -0.117. The zero-order chi connectivity index (χ0) is 20.6. The molecule has 0 bridgehead atoms. The highest BCUT2D eigenvalue weighted by Gasteiger charge is 2.20. The van der Waals surface area contributed by atoms with Crippen molar-refractivity contribution in [1.82, 2.24) is 4.90 Å². The summed E-state index contributed by atoms with van der Waals surface area (Å²) < 4.78 is 13.1. The normalized spacial score (nSPS) is 15.0. The SMILES string of the molecule is CN(CC(=O)Nc1ccccc1C(=O)Nc1ccc(F)cc1)C1CCCCCC1. The average molecular weight is 397 g/mol. The molecule has 5 nitrogen and oxygen atoms in total. The third-order valence-corrected chi connectivity index (χ3v) is 5.39. The average Bonchev–Trinajstić information content (AvgIpc) is 2.99. The summed E-state index contributed by atoms with van der Waals surface area (Å²) in [6.45, 7) is 0.290. The maximum Gasteiger partial charge on any atom is 0.257 e. The number of nitrogens with one attached hydrogen (secondary N) is 2. The third kappa shape index (κ3) is 6.12. The van der Waals surface area contributed by atoms with Crippen molar-refractivity contribution >= 4 is 23.2 Å². The number of benzene rings is 2. The monoisotopic (exact) mass is 397 g/mol. The van der Waals surface area contributed by atoms with E-state index in [4.69, 9.17) is 0 Å². The molecule has 2 aromatic carbocycles. The van der Waals surface area contributed by atoms with E-state index in [-0.39, 0.29) is 17.6 Å². The highest BCUT2D eigenvalue weighted by molar-refractivity contribution is 6.10. The second kappa shape index (κ2) is 10.2. The third-order valence-electron chi connectivity index (χ3n) is 5.39. The van der Waals surface area contributed by atoms with Gasteiger partial charge in [0, 0.05) is 11.7 Å². The summed E-state index contributed by atoms with van der Waals surface area (Å²) in [7, 11) is 1.99. The highest BCUT2D eigenvalue weighted by atomic mass is 19.1. The summed E-state index contributed by atoms with van der Waals surface area (Å²) in [6, 6.07) is 12.9. The van der Waals surface area contributed by atoms with Gasteiger partial charge in [0.2, 0.25) is 5.91 Å². The summed E-state index contributed by atoms with van der Waals surface area (Å²) in [4.78, 5) is 27.4. The molecule has 154 valence electrons. The molecule has 2 amide bonds. The number of para-hydroxylation sites is 1. The van der Waals surface area contributed by atoms with E-state index in [1.807, 2.05) is 7.05 Å². The Balaban J connectivity index is 1.62. The van der Waals surface area contributed by atoms with Crippen LogP contribution in [0.5, 0.6) is 0 Å². The topological polar surface area (TPSA) is 61.4 Å². The summed E-state index contributed by atoms with van der Waals surface area (Å²) in [6.07, 6.45) is 7.22. The van der Waals surface area contributed by atoms with Gasteiger partial charge >= 0.3 is 0 Å². The largest absolute Gasteiger partial charge is 0.324 e. The van der Waals surface area contributed by atoms with Crippen LogP contribution in [0, 0.1) is 5.82 Å². The van der Waals surface area contributed by atoms with E-state index in [9.17, 15) is 14.0 Å². The summed E-state index contributed by atoms with van der Waals surface area (Å²) in [5, 5.41) is 5.60. The molecule has 3 rings (SSSR count). The molecule has 1 saturated carbocycles. The molecular formula is C23H28FN3O2. The molecule has 1 fully saturated rings. The molecule has 0 spiro atoms. The minimum Gasteiger partial charge on any atom is -0.324 e. The molecule has 0 unspecified atom stereocenters. The van der Waals surface area contributed by atoms with Gasteiger partial charge in [0.25, 0.3) is 5.91 Å². The number of hydrogen-bond acceptors (Lipinski definition) is 3. The van der Waals surface area contributed by atoms with Crippen LogP contribution in [0.25, 0.3) is 0 Å². The number of carbonyl (C=O) groups excluding carboxylic acids is 2. The number of halogens is 1. The Morgan fingerprint density at radius 3 is 2.31 bits per heavy atom. The first-order valence-electron chi connectivity index (χ1n) is 10.2. The van der Waals surface area contributed by atoms with E-state index < -0.39 is 0 Å². The van der Waals surface area contributed by atoms with Gasteiger partial charge in [0.1, 0.15) is 5.82 Å². The summed E-state index contributed by atoms with van der Waals surface area (Å²) >= 11 is 0. The molecule has 0 radical (unpaired) electrons. The van der Waals surface area contributed by atoms with Gasteiger partial charge in [-0.1, -0.05) is 37.8 Å². The van der Waals surface area contributed by atoms with Crippen LogP contribution >= 0.6 is 0 Å². The Morgan fingerprint density at radius 2 is 1.62 bits per heavy atom. The molecule has 0 aliphatic heterocycles.